The zero-order valence-electron chi connectivity index (χ0n) is 26.5. The van der Waals surface area contributed by atoms with E-state index in [1.165, 1.54) is 17.3 Å². The second-order valence-electron chi connectivity index (χ2n) is 14.1. The second kappa shape index (κ2) is 10.6. The second-order valence-corrected chi connectivity index (χ2v) is 18.4. The van der Waals surface area contributed by atoms with E-state index < -0.39 is 25.4 Å². The van der Waals surface area contributed by atoms with Crippen molar-refractivity contribution in [3.63, 3.8) is 0 Å². The maximum absolute atomic E-state index is 14.1. The van der Waals surface area contributed by atoms with Gasteiger partial charge in [0.05, 0.1) is 19.3 Å². The van der Waals surface area contributed by atoms with E-state index in [9.17, 15) is 9.59 Å². The Morgan fingerprint density at radius 1 is 0.953 bits per heavy atom. The molecule has 0 N–H and O–H groups in total. The third-order valence-electron chi connectivity index (χ3n) is 10.1. The number of ketones is 1. The number of fused-ring (bicyclic) bond motifs is 1. The lowest BCUT2D eigenvalue weighted by atomic mass is 9.64. The zero-order valence-corrected chi connectivity index (χ0v) is 27.5. The standard InChI is InChI=1S/C36H44O6Si/c1-23(37)40-32-27-21-15-14-20-26(27)29(38)30(39-7)31-35(5,6)33-28(22-36(31,32)41-33)42-43(34(2,3)4,24-16-10-8-11-17-24)25-18-12-9-13-19-25/h8-13,16-19,28,32-33H,14-15,20-22H2,1-7H3/t28-,32-,33-,36+/m0/s1. The Morgan fingerprint density at radius 2 is 1.53 bits per heavy atom. The smallest absolute Gasteiger partial charge is 0.303 e. The first kappa shape index (κ1) is 30.0. The Balaban J connectivity index is 1.55. The summed E-state index contributed by atoms with van der Waals surface area (Å²) in [4.78, 5) is 26.8. The van der Waals surface area contributed by atoms with Crippen molar-refractivity contribution in [1.82, 2.24) is 0 Å². The van der Waals surface area contributed by atoms with Gasteiger partial charge < -0.3 is 18.6 Å². The predicted molar refractivity (Wildman–Crippen MR) is 169 cm³/mol. The average Bonchev–Trinajstić information content (AvgIpc) is 3.44. The topological polar surface area (TPSA) is 71.1 Å². The van der Waals surface area contributed by atoms with Crippen LogP contribution in [0.4, 0.5) is 0 Å². The van der Waals surface area contributed by atoms with Crippen molar-refractivity contribution in [1.29, 1.82) is 0 Å². The zero-order chi connectivity index (χ0) is 30.8. The molecule has 4 aliphatic rings. The molecule has 2 bridgehead atoms. The van der Waals surface area contributed by atoms with Crippen molar-refractivity contribution < 1.29 is 28.2 Å². The Labute approximate surface area is 256 Å². The van der Waals surface area contributed by atoms with E-state index in [-0.39, 0.29) is 29.0 Å². The molecule has 6 rings (SSSR count). The van der Waals surface area contributed by atoms with Gasteiger partial charge in [0.15, 0.2) is 11.9 Å². The van der Waals surface area contributed by atoms with Crippen LogP contribution < -0.4 is 10.4 Å². The molecule has 2 heterocycles. The molecule has 228 valence electrons. The maximum atomic E-state index is 14.1. The van der Waals surface area contributed by atoms with Gasteiger partial charge >= 0.3 is 5.97 Å². The summed E-state index contributed by atoms with van der Waals surface area (Å²) in [6.45, 7) is 12.5. The highest BCUT2D eigenvalue weighted by Crippen LogP contribution is 2.64. The average molecular weight is 601 g/mol. The first-order valence-electron chi connectivity index (χ1n) is 15.6. The number of allylic oxidation sites excluding steroid dienone is 1. The summed E-state index contributed by atoms with van der Waals surface area (Å²) in [7, 11) is -1.36. The molecule has 43 heavy (non-hydrogen) atoms. The number of Topliss-reactive ketones (excluding diaryl/α,β-unsaturated/α-hetero) is 1. The molecule has 0 unspecified atom stereocenters. The van der Waals surface area contributed by atoms with Crippen molar-refractivity contribution in [2.75, 3.05) is 7.11 Å². The van der Waals surface area contributed by atoms with Crippen LogP contribution in [0.2, 0.25) is 5.04 Å². The first-order chi connectivity index (χ1) is 20.4. The molecule has 6 nitrogen and oxygen atoms in total. The summed E-state index contributed by atoms with van der Waals surface area (Å²) in [5.74, 6) is -0.124. The van der Waals surface area contributed by atoms with Gasteiger partial charge in [0.25, 0.3) is 8.32 Å². The molecule has 2 aliphatic carbocycles. The van der Waals surface area contributed by atoms with Gasteiger partial charge in [-0.3, -0.25) is 9.59 Å². The van der Waals surface area contributed by atoms with E-state index in [0.717, 1.165) is 29.6 Å². The van der Waals surface area contributed by atoms with Crippen LogP contribution in [0.3, 0.4) is 0 Å². The summed E-state index contributed by atoms with van der Waals surface area (Å²) < 4.78 is 27.0. The lowest BCUT2D eigenvalue weighted by molar-refractivity contribution is -0.155. The maximum Gasteiger partial charge on any atom is 0.303 e. The highest BCUT2D eigenvalue weighted by molar-refractivity contribution is 6.99. The van der Waals surface area contributed by atoms with E-state index >= 15 is 0 Å². The molecule has 2 aromatic carbocycles. The van der Waals surface area contributed by atoms with Gasteiger partial charge in [-0.2, -0.15) is 0 Å². The molecule has 7 heteroatoms. The van der Waals surface area contributed by atoms with E-state index in [2.05, 4.69) is 83.1 Å². The number of carbonyl (C=O) groups excluding carboxylic acids is 2. The molecular weight excluding hydrogens is 556 g/mol. The Kier molecular flexibility index (Phi) is 7.38. The number of benzene rings is 2. The van der Waals surface area contributed by atoms with Crippen LogP contribution in [-0.4, -0.2) is 51.1 Å². The highest BCUT2D eigenvalue weighted by Gasteiger charge is 2.72. The third-order valence-corrected chi connectivity index (χ3v) is 15.2. The molecule has 0 aromatic heterocycles. The number of rotatable bonds is 6. The number of hydrogen-bond acceptors (Lipinski definition) is 6. The quantitative estimate of drug-likeness (QED) is 0.309. The summed E-state index contributed by atoms with van der Waals surface area (Å²) in [5.41, 5.74) is 0.755. The Hall–Kier alpha value is -3.00. The lowest BCUT2D eigenvalue weighted by Gasteiger charge is -2.48. The van der Waals surface area contributed by atoms with Crippen molar-refractivity contribution >= 4 is 30.4 Å². The van der Waals surface area contributed by atoms with Crippen LogP contribution in [0.1, 0.15) is 73.6 Å². The molecule has 4 atom stereocenters. The Bertz CT molecular complexity index is 1450. The van der Waals surface area contributed by atoms with Crippen molar-refractivity contribution in [3.05, 3.63) is 83.1 Å². The van der Waals surface area contributed by atoms with E-state index in [1.54, 1.807) is 7.11 Å². The molecule has 0 amide bonds. The molecule has 1 spiro atoms. The van der Waals surface area contributed by atoms with Crippen molar-refractivity contribution in [2.24, 2.45) is 5.41 Å². The van der Waals surface area contributed by atoms with Gasteiger partial charge in [-0.1, -0.05) is 95.3 Å². The minimum absolute atomic E-state index is 0.0881. The van der Waals surface area contributed by atoms with Gasteiger partial charge in [-0.25, -0.2) is 0 Å². The minimum Gasteiger partial charge on any atom is -0.493 e. The largest absolute Gasteiger partial charge is 0.493 e. The Morgan fingerprint density at radius 3 is 2.07 bits per heavy atom. The summed E-state index contributed by atoms with van der Waals surface area (Å²) in [6.07, 6.45) is 2.29. The van der Waals surface area contributed by atoms with Gasteiger partial charge in [0.2, 0.25) is 5.78 Å². The number of esters is 1. The van der Waals surface area contributed by atoms with E-state index in [4.69, 9.17) is 18.6 Å². The monoisotopic (exact) mass is 600 g/mol. The summed E-state index contributed by atoms with van der Waals surface area (Å²) in [6, 6.07) is 21.2. The molecule has 2 fully saturated rings. The summed E-state index contributed by atoms with van der Waals surface area (Å²) in [5, 5.41) is 2.18. The van der Waals surface area contributed by atoms with E-state index in [0.29, 0.717) is 25.0 Å². The molecule has 2 aromatic rings. The molecule has 2 saturated heterocycles. The molecule has 2 aliphatic heterocycles. The van der Waals surface area contributed by atoms with Crippen molar-refractivity contribution in [2.45, 2.75) is 103 Å². The number of ether oxygens (including phenoxy) is 3. The lowest BCUT2D eigenvalue weighted by Crippen LogP contribution is -2.69. The number of methoxy groups -OCH3 is 1. The predicted octanol–water partition coefficient (Wildman–Crippen LogP) is 5.78. The molecular formula is C36H44O6Si. The minimum atomic E-state index is -2.93. The fraction of sp³-hybridized carbons (Fsp3) is 0.500. The van der Waals surface area contributed by atoms with Gasteiger partial charge in [0, 0.05) is 29.9 Å². The third kappa shape index (κ3) is 4.41. The SMILES string of the molecule is COC1=C2C(C)(C)[C@H]3O[C@@]2(C[C@@H]3O[Si](c2ccccc2)(c2ccccc2)C(C)(C)C)[C@@H](OC(C)=O)C2=C(CCCC2)C1=O. The van der Waals surface area contributed by atoms with Crippen LogP contribution in [0, 0.1) is 5.41 Å². The molecule has 0 radical (unpaired) electrons. The first-order valence-corrected chi connectivity index (χ1v) is 17.5. The summed E-state index contributed by atoms with van der Waals surface area (Å²) >= 11 is 0. The fourth-order valence-electron chi connectivity index (χ4n) is 8.56. The van der Waals surface area contributed by atoms with Crippen molar-refractivity contribution in [3.8, 4) is 0 Å². The number of hydrogen-bond donors (Lipinski definition) is 0. The van der Waals surface area contributed by atoms with Gasteiger partial charge in [-0.05, 0) is 46.7 Å². The van der Waals surface area contributed by atoms with Gasteiger partial charge in [-0.15, -0.1) is 0 Å². The highest BCUT2D eigenvalue weighted by atomic mass is 28.4. The van der Waals surface area contributed by atoms with E-state index in [1.807, 2.05) is 12.1 Å². The van der Waals surface area contributed by atoms with Crippen LogP contribution in [-0.2, 0) is 28.2 Å². The van der Waals surface area contributed by atoms with Crippen LogP contribution in [0.5, 0.6) is 0 Å². The van der Waals surface area contributed by atoms with Crippen LogP contribution in [0.15, 0.2) is 83.1 Å². The van der Waals surface area contributed by atoms with Crippen LogP contribution >= 0.6 is 0 Å². The number of carbonyl (C=O) groups is 2. The normalized spacial score (nSPS) is 28.3. The van der Waals surface area contributed by atoms with Gasteiger partial charge in [0.1, 0.15) is 5.60 Å². The fourth-order valence-corrected chi connectivity index (χ4v) is 13.2. The molecule has 0 saturated carbocycles. The van der Waals surface area contributed by atoms with Crippen LogP contribution in [0.25, 0.3) is 0 Å².